The summed E-state index contributed by atoms with van der Waals surface area (Å²) in [5.74, 6) is 0.354. The predicted molar refractivity (Wildman–Crippen MR) is 104 cm³/mol. The largest absolute Gasteiger partial charge is 0.491 e. The van der Waals surface area contributed by atoms with Crippen LogP contribution < -0.4 is 20.7 Å². The maximum atomic E-state index is 11.9. The summed E-state index contributed by atoms with van der Waals surface area (Å²) in [5.41, 5.74) is 1.31. The van der Waals surface area contributed by atoms with E-state index in [1.807, 2.05) is 18.2 Å². The Morgan fingerprint density at radius 3 is 2.41 bits per heavy atom. The molecule has 0 saturated carbocycles. The van der Waals surface area contributed by atoms with Crippen molar-refractivity contribution in [1.29, 1.82) is 0 Å². The highest BCUT2D eigenvalue weighted by Gasteiger charge is 2.06. The van der Waals surface area contributed by atoms with Crippen LogP contribution in [0.3, 0.4) is 0 Å². The van der Waals surface area contributed by atoms with Gasteiger partial charge in [0, 0.05) is 37.8 Å². The van der Waals surface area contributed by atoms with Crippen LogP contribution in [0.4, 0.5) is 5.69 Å². The Hall–Kier alpha value is -2.90. The number of benzene rings is 2. The smallest absolute Gasteiger partial charge is 0.251 e. The summed E-state index contributed by atoms with van der Waals surface area (Å²) >= 11 is 0. The first-order chi connectivity index (χ1) is 13.0. The molecule has 0 bridgehead atoms. The minimum absolute atomic E-state index is 0.121. The number of ether oxygens (including phenoxy) is 1. The predicted octanol–water partition coefficient (Wildman–Crippen LogP) is 1.40. The zero-order chi connectivity index (χ0) is 19.5. The van der Waals surface area contributed by atoms with Gasteiger partial charge in [0.2, 0.25) is 5.91 Å². The van der Waals surface area contributed by atoms with E-state index >= 15 is 0 Å². The summed E-state index contributed by atoms with van der Waals surface area (Å²) < 4.78 is 5.51. The monoisotopic (exact) mass is 371 g/mol. The molecule has 0 aliphatic heterocycles. The quantitative estimate of drug-likeness (QED) is 0.473. The third-order valence-electron chi connectivity index (χ3n) is 3.62. The van der Waals surface area contributed by atoms with Crippen molar-refractivity contribution in [1.82, 2.24) is 10.6 Å². The third kappa shape index (κ3) is 7.89. The van der Waals surface area contributed by atoms with Gasteiger partial charge in [-0.05, 0) is 36.4 Å². The van der Waals surface area contributed by atoms with Crippen molar-refractivity contribution in [2.45, 2.75) is 13.0 Å². The number of aliphatic hydroxyl groups is 1. The van der Waals surface area contributed by atoms with Crippen molar-refractivity contribution in [3.8, 4) is 5.75 Å². The molecule has 0 aromatic heterocycles. The second kappa shape index (κ2) is 10.9. The fourth-order valence-corrected chi connectivity index (χ4v) is 2.31. The van der Waals surface area contributed by atoms with E-state index in [9.17, 15) is 14.7 Å². The molecule has 0 radical (unpaired) electrons. The van der Waals surface area contributed by atoms with Gasteiger partial charge in [-0.2, -0.15) is 0 Å². The lowest BCUT2D eigenvalue weighted by Gasteiger charge is -2.14. The first-order valence-corrected chi connectivity index (χ1v) is 8.77. The molecule has 0 aliphatic carbocycles. The first kappa shape index (κ1) is 20.4. The highest BCUT2D eigenvalue weighted by atomic mass is 16.5. The van der Waals surface area contributed by atoms with Crippen LogP contribution in [-0.4, -0.2) is 49.3 Å². The Kier molecular flexibility index (Phi) is 8.28. The average Bonchev–Trinajstić information content (AvgIpc) is 2.67. The topological polar surface area (TPSA) is 99.7 Å². The normalized spacial score (nSPS) is 11.5. The summed E-state index contributed by atoms with van der Waals surface area (Å²) in [7, 11) is 0. The maximum absolute atomic E-state index is 11.9. The molecule has 7 heteroatoms. The molecule has 0 fully saturated rings. The molecule has 144 valence electrons. The average molecular weight is 371 g/mol. The number of rotatable bonds is 10. The summed E-state index contributed by atoms with van der Waals surface area (Å²) in [4.78, 5) is 22.8. The Bertz CT molecular complexity index is 720. The molecule has 2 aromatic rings. The van der Waals surface area contributed by atoms with Crippen molar-refractivity contribution in [3.63, 3.8) is 0 Å². The van der Waals surface area contributed by atoms with Gasteiger partial charge < -0.3 is 25.8 Å². The van der Waals surface area contributed by atoms with Gasteiger partial charge in [-0.15, -0.1) is 0 Å². The molecule has 2 rings (SSSR count). The molecule has 0 heterocycles. The van der Waals surface area contributed by atoms with Gasteiger partial charge in [-0.1, -0.05) is 18.2 Å². The number of anilines is 1. The van der Waals surface area contributed by atoms with Gasteiger partial charge >= 0.3 is 0 Å². The van der Waals surface area contributed by atoms with Crippen molar-refractivity contribution >= 4 is 17.5 Å². The SMILES string of the molecule is CC(=O)Nc1ccc(OCC(O)CNCCNC(=O)c2ccccc2)cc1. The molecule has 0 saturated heterocycles. The Morgan fingerprint density at radius 2 is 1.74 bits per heavy atom. The number of aliphatic hydroxyl groups excluding tert-OH is 1. The lowest BCUT2D eigenvalue weighted by molar-refractivity contribution is -0.114. The Labute approximate surface area is 158 Å². The number of nitrogens with one attached hydrogen (secondary N) is 3. The summed E-state index contributed by atoms with van der Waals surface area (Å²) in [6.45, 7) is 2.95. The second-order valence-corrected chi connectivity index (χ2v) is 6.00. The van der Waals surface area contributed by atoms with Crippen LogP contribution in [0, 0.1) is 0 Å². The van der Waals surface area contributed by atoms with Crippen LogP contribution >= 0.6 is 0 Å². The number of hydrogen-bond donors (Lipinski definition) is 4. The van der Waals surface area contributed by atoms with Crippen molar-refractivity contribution in [2.75, 3.05) is 31.6 Å². The van der Waals surface area contributed by atoms with E-state index in [2.05, 4.69) is 16.0 Å². The molecule has 0 spiro atoms. The van der Waals surface area contributed by atoms with Crippen LogP contribution in [0.5, 0.6) is 5.75 Å². The van der Waals surface area contributed by atoms with Gasteiger partial charge in [0.05, 0.1) is 0 Å². The van der Waals surface area contributed by atoms with E-state index in [1.54, 1.807) is 36.4 Å². The van der Waals surface area contributed by atoms with Gasteiger partial charge in [0.1, 0.15) is 18.5 Å². The molecule has 1 atom stereocenters. The number of amides is 2. The van der Waals surface area contributed by atoms with Crippen molar-refractivity contribution in [2.24, 2.45) is 0 Å². The van der Waals surface area contributed by atoms with Crippen molar-refractivity contribution in [3.05, 3.63) is 60.2 Å². The lowest BCUT2D eigenvalue weighted by Crippen LogP contribution is -2.37. The third-order valence-corrected chi connectivity index (χ3v) is 3.62. The van der Waals surface area contributed by atoms with Crippen LogP contribution in [-0.2, 0) is 4.79 Å². The van der Waals surface area contributed by atoms with Gasteiger partial charge in [-0.3, -0.25) is 9.59 Å². The van der Waals surface area contributed by atoms with Crippen LogP contribution in [0.25, 0.3) is 0 Å². The van der Waals surface area contributed by atoms with Crippen LogP contribution in [0.2, 0.25) is 0 Å². The summed E-state index contributed by atoms with van der Waals surface area (Å²) in [5, 5.41) is 18.5. The van der Waals surface area contributed by atoms with E-state index in [0.717, 1.165) is 0 Å². The van der Waals surface area contributed by atoms with Crippen LogP contribution in [0.1, 0.15) is 17.3 Å². The fourth-order valence-electron chi connectivity index (χ4n) is 2.31. The molecule has 7 nitrogen and oxygen atoms in total. The molecular formula is C20H25N3O4. The van der Waals surface area contributed by atoms with Crippen molar-refractivity contribution < 1.29 is 19.4 Å². The van der Waals surface area contributed by atoms with E-state index in [0.29, 0.717) is 36.6 Å². The van der Waals surface area contributed by atoms with Gasteiger partial charge in [0.25, 0.3) is 5.91 Å². The minimum Gasteiger partial charge on any atom is -0.491 e. The maximum Gasteiger partial charge on any atom is 0.251 e. The van der Waals surface area contributed by atoms with Crippen LogP contribution in [0.15, 0.2) is 54.6 Å². The molecule has 2 aromatic carbocycles. The molecule has 0 aliphatic rings. The molecular weight excluding hydrogens is 346 g/mol. The second-order valence-electron chi connectivity index (χ2n) is 6.00. The molecule has 4 N–H and O–H groups in total. The van der Waals surface area contributed by atoms with Gasteiger partial charge in [0.15, 0.2) is 0 Å². The van der Waals surface area contributed by atoms with E-state index in [4.69, 9.17) is 4.74 Å². The minimum atomic E-state index is -0.676. The van der Waals surface area contributed by atoms with E-state index in [-0.39, 0.29) is 18.4 Å². The molecule has 1 unspecified atom stereocenters. The fraction of sp³-hybridized carbons (Fsp3) is 0.300. The standard InChI is InChI=1S/C20H25N3O4/c1-15(24)23-17-7-9-19(10-8-17)27-14-18(25)13-21-11-12-22-20(26)16-5-3-2-4-6-16/h2-10,18,21,25H,11-14H2,1H3,(H,22,26)(H,23,24). The highest BCUT2D eigenvalue weighted by molar-refractivity contribution is 5.94. The zero-order valence-corrected chi connectivity index (χ0v) is 15.3. The molecule has 2 amide bonds. The Balaban J connectivity index is 1.57. The highest BCUT2D eigenvalue weighted by Crippen LogP contribution is 2.15. The zero-order valence-electron chi connectivity index (χ0n) is 15.3. The first-order valence-electron chi connectivity index (χ1n) is 8.77. The summed E-state index contributed by atoms with van der Waals surface area (Å²) in [6.07, 6.45) is -0.676. The van der Waals surface area contributed by atoms with E-state index in [1.165, 1.54) is 6.92 Å². The summed E-state index contributed by atoms with van der Waals surface area (Å²) in [6, 6.07) is 15.9. The lowest BCUT2D eigenvalue weighted by atomic mass is 10.2. The molecule has 27 heavy (non-hydrogen) atoms. The van der Waals surface area contributed by atoms with E-state index < -0.39 is 6.10 Å². The van der Waals surface area contributed by atoms with Gasteiger partial charge in [-0.25, -0.2) is 0 Å². The number of hydrogen-bond acceptors (Lipinski definition) is 5. The Morgan fingerprint density at radius 1 is 1.04 bits per heavy atom. The number of carbonyl (C=O) groups excluding carboxylic acids is 2. The number of carbonyl (C=O) groups is 2.